The Morgan fingerprint density at radius 2 is 1.85 bits per heavy atom. The van der Waals surface area contributed by atoms with E-state index in [1.807, 2.05) is 19.9 Å². The number of anilines is 1. The van der Waals surface area contributed by atoms with E-state index in [0.29, 0.717) is 23.5 Å². The summed E-state index contributed by atoms with van der Waals surface area (Å²) in [6.45, 7) is 4.06. The average Bonchev–Trinajstić information content (AvgIpc) is 3.21. The van der Waals surface area contributed by atoms with Gasteiger partial charge in [0.15, 0.2) is 0 Å². The smallest absolute Gasteiger partial charge is 0.261 e. The predicted molar refractivity (Wildman–Crippen MR) is 98.7 cm³/mol. The first kappa shape index (κ1) is 17.1. The molecule has 1 aromatic heterocycles. The van der Waals surface area contributed by atoms with Crippen molar-refractivity contribution >= 4 is 23.0 Å². The number of fused-ring (bicyclic) bond motifs is 1. The molecule has 1 aliphatic rings. The van der Waals surface area contributed by atoms with Crippen molar-refractivity contribution in [3.63, 3.8) is 0 Å². The lowest BCUT2D eigenvalue weighted by atomic mass is 10.0. The first-order chi connectivity index (χ1) is 12.9. The number of benzene rings is 2. The van der Waals surface area contributed by atoms with Gasteiger partial charge in [-0.05, 0) is 48.7 Å². The van der Waals surface area contributed by atoms with Crippen LogP contribution in [0.15, 0.2) is 41.5 Å². The summed E-state index contributed by atoms with van der Waals surface area (Å²) in [6, 6.07) is 7.39. The van der Waals surface area contributed by atoms with E-state index in [9.17, 15) is 13.6 Å². The van der Waals surface area contributed by atoms with Crippen molar-refractivity contribution in [3.05, 3.63) is 76.1 Å². The van der Waals surface area contributed by atoms with Gasteiger partial charge in [0.2, 0.25) is 0 Å². The lowest BCUT2D eigenvalue weighted by molar-refractivity contribution is 0.101. The molecule has 0 saturated heterocycles. The molecule has 27 heavy (non-hydrogen) atoms. The largest absolute Gasteiger partial charge is 0.319 e. The zero-order valence-electron chi connectivity index (χ0n) is 14.7. The third-order valence-corrected chi connectivity index (χ3v) is 4.67. The first-order valence-electron chi connectivity index (χ1n) is 8.41. The molecular formula is C20H16F2N4O. The molecule has 2 heterocycles. The number of halogens is 2. The van der Waals surface area contributed by atoms with E-state index < -0.39 is 23.1 Å². The molecule has 7 heteroatoms. The van der Waals surface area contributed by atoms with Gasteiger partial charge in [0.1, 0.15) is 22.9 Å². The van der Waals surface area contributed by atoms with Crippen LogP contribution in [0.25, 0.3) is 0 Å². The van der Waals surface area contributed by atoms with Crippen LogP contribution in [0.5, 0.6) is 0 Å². The molecule has 0 spiro atoms. The minimum atomic E-state index is -0.922. The van der Waals surface area contributed by atoms with Gasteiger partial charge in [0.25, 0.3) is 5.91 Å². The molecule has 3 aromatic rings. The number of rotatable bonds is 3. The van der Waals surface area contributed by atoms with Gasteiger partial charge in [-0.1, -0.05) is 12.1 Å². The lowest BCUT2D eigenvalue weighted by Gasteiger charge is -2.07. The number of hydrogen-bond acceptors (Lipinski definition) is 3. The van der Waals surface area contributed by atoms with Gasteiger partial charge in [-0.15, -0.1) is 0 Å². The van der Waals surface area contributed by atoms with Crippen molar-refractivity contribution in [2.75, 3.05) is 5.32 Å². The number of nitrogens with zero attached hydrogens (tertiary/aromatic N) is 2. The molecule has 0 radical (unpaired) electrons. The molecule has 0 fully saturated rings. The zero-order chi connectivity index (χ0) is 19.1. The van der Waals surface area contributed by atoms with Crippen LogP contribution in [0, 0.1) is 25.5 Å². The molecule has 0 bridgehead atoms. The van der Waals surface area contributed by atoms with Crippen LogP contribution in [-0.4, -0.2) is 21.8 Å². The minimum Gasteiger partial charge on any atom is -0.319 e. The van der Waals surface area contributed by atoms with Gasteiger partial charge < -0.3 is 5.32 Å². The highest BCUT2D eigenvalue weighted by Gasteiger charge is 2.23. The summed E-state index contributed by atoms with van der Waals surface area (Å²) in [6.07, 6.45) is 1.98. The predicted octanol–water partition coefficient (Wildman–Crippen LogP) is 4.23. The van der Waals surface area contributed by atoms with Crippen LogP contribution in [0.2, 0.25) is 0 Å². The number of aromatic nitrogens is 2. The summed E-state index contributed by atoms with van der Waals surface area (Å²) in [5.41, 5.74) is 5.20. The number of aryl methyl sites for hydroxylation is 2. The SMILES string of the molecule is Cc1cc2c(cc1C)N=C(c1[nH]ncc1NC(=O)c1c(F)cccc1F)C2. The summed E-state index contributed by atoms with van der Waals surface area (Å²) >= 11 is 0. The van der Waals surface area contributed by atoms with E-state index in [-0.39, 0.29) is 0 Å². The highest BCUT2D eigenvalue weighted by atomic mass is 19.1. The Hall–Kier alpha value is -3.35. The number of carbonyl (C=O) groups is 1. The maximum atomic E-state index is 13.8. The molecule has 2 aromatic carbocycles. The van der Waals surface area contributed by atoms with Gasteiger partial charge in [-0.3, -0.25) is 14.9 Å². The molecule has 0 unspecified atom stereocenters. The van der Waals surface area contributed by atoms with Crippen molar-refractivity contribution in [1.82, 2.24) is 10.2 Å². The zero-order valence-corrected chi connectivity index (χ0v) is 14.7. The molecule has 0 saturated carbocycles. The van der Waals surface area contributed by atoms with Crippen LogP contribution in [0.4, 0.5) is 20.2 Å². The highest BCUT2D eigenvalue weighted by molar-refractivity contribution is 6.12. The monoisotopic (exact) mass is 366 g/mol. The summed E-state index contributed by atoms with van der Waals surface area (Å²) in [5.74, 6) is -2.72. The first-order valence-corrected chi connectivity index (χ1v) is 8.41. The Labute approximate surface area is 154 Å². The van der Waals surface area contributed by atoms with Gasteiger partial charge in [-0.25, -0.2) is 8.78 Å². The number of aliphatic imine (C=N–C) groups is 1. The van der Waals surface area contributed by atoms with E-state index in [1.54, 1.807) is 0 Å². The van der Waals surface area contributed by atoms with Crippen LogP contribution in [-0.2, 0) is 6.42 Å². The Kier molecular flexibility index (Phi) is 4.07. The fourth-order valence-corrected chi connectivity index (χ4v) is 3.12. The fourth-order valence-electron chi connectivity index (χ4n) is 3.12. The molecule has 0 atom stereocenters. The summed E-state index contributed by atoms with van der Waals surface area (Å²) in [5, 5.41) is 9.28. The second-order valence-electron chi connectivity index (χ2n) is 6.51. The molecule has 136 valence electrons. The van der Waals surface area contributed by atoms with Crippen molar-refractivity contribution in [2.45, 2.75) is 20.3 Å². The third kappa shape index (κ3) is 3.01. The highest BCUT2D eigenvalue weighted by Crippen LogP contribution is 2.32. The third-order valence-electron chi connectivity index (χ3n) is 4.67. The number of H-pyrrole nitrogens is 1. The summed E-state index contributed by atoms with van der Waals surface area (Å²) in [4.78, 5) is 17.0. The number of nitrogens with one attached hydrogen (secondary N) is 2. The van der Waals surface area contributed by atoms with Gasteiger partial charge >= 0.3 is 0 Å². The molecule has 1 amide bonds. The van der Waals surface area contributed by atoms with E-state index in [4.69, 9.17) is 0 Å². The maximum Gasteiger partial charge on any atom is 0.261 e. The number of carbonyl (C=O) groups excluding carboxylic acids is 1. The Bertz CT molecular complexity index is 1080. The maximum absolute atomic E-state index is 13.8. The van der Waals surface area contributed by atoms with Gasteiger partial charge in [-0.2, -0.15) is 5.10 Å². The van der Waals surface area contributed by atoms with E-state index in [0.717, 1.165) is 28.9 Å². The topological polar surface area (TPSA) is 70.1 Å². The quantitative estimate of drug-likeness (QED) is 0.728. The van der Waals surface area contributed by atoms with Crippen LogP contribution in [0.3, 0.4) is 0 Å². The van der Waals surface area contributed by atoms with E-state index in [1.165, 1.54) is 17.8 Å². The Morgan fingerprint density at radius 3 is 2.59 bits per heavy atom. The Balaban J connectivity index is 1.63. The fraction of sp³-hybridized carbons (Fsp3) is 0.150. The van der Waals surface area contributed by atoms with E-state index in [2.05, 4.69) is 26.6 Å². The van der Waals surface area contributed by atoms with Gasteiger partial charge in [0.05, 0.1) is 23.3 Å². The number of hydrogen-bond donors (Lipinski definition) is 2. The molecule has 2 N–H and O–H groups in total. The van der Waals surface area contributed by atoms with Crippen molar-refractivity contribution < 1.29 is 13.6 Å². The summed E-state index contributed by atoms with van der Waals surface area (Å²) < 4.78 is 27.7. The minimum absolute atomic E-state index is 0.322. The normalized spacial score (nSPS) is 12.7. The van der Waals surface area contributed by atoms with Crippen molar-refractivity contribution in [3.8, 4) is 0 Å². The molecule has 0 aliphatic carbocycles. The van der Waals surface area contributed by atoms with Crippen LogP contribution < -0.4 is 5.32 Å². The summed E-state index contributed by atoms with van der Waals surface area (Å²) in [7, 11) is 0. The number of aromatic amines is 1. The molecule has 4 rings (SSSR count). The van der Waals surface area contributed by atoms with Crippen LogP contribution >= 0.6 is 0 Å². The number of amides is 1. The molecule has 1 aliphatic heterocycles. The standard InChI is InChI=1S/C20H16F2N4O/c1-10-6-12-8-16(24-15(12)7-11(10)2)19-17(9-23-26-19)25-20(27)18-13(21)4-3-5-14(18)22/h3-7,9H,8H2,1-2H3,(H,23,26)(H,25,27). The van der Waals surface area contributed by atoms with Crippen molar-refractivity contribution in [2.24, 2.45) is 4.99 Å². The second kappa shape index (κ2) is 6.42. The molecular weight excluding hydrogens is 350 g/mol. The Morgan fingerprint density at radius 1 is 1.15 bits per heavy atom. The van der Waals surface area contributed by atoms with Crippen molar-refractivity contribution in [1.29, 1.82) is 0 Å². The van der Waals surface area contributed by atoms with E-state index >= 15 is 0 Å². The van der Waals surface area contributed by atoms with Crippen LogP contribution in [0.1, 0.15) is 32.7 Å². The van der Waals surface area contributed by atoms with Gasteiger partial charge in [0, 0.05) is 6.42 Å². The second-order valence-corrected chi connectivity index (χ2v) is 6.51. The molecule has 5 nitrogen and oxygen atoms in total. The lowest BCUT2D eigenvalue weighted by Crippen LogP contribution is -2.17. The average molecular weight is 366 g/mol.